The van der Waals surface area contributed by atoms with Crippen LogP contribution < -0.4 is 5.32 Å². The summed E-state index contributed by atoms with van der Waals surface area (Å²) in [4.78, 5) is 12.0. The Balaban J connectivity index is 1.88. The molecule has 0 saturated heterocycles. The molecule has 22 heavy (non-hydrogen) atoms. The first kappa shape index (κ1) is 16.0. The Labute approximate surface area is 133 Å². The predicted molar refractivity (Wildman–Crippen MR) is 85.5 cm³/mol. The van der Waals surface area contributed by atoms with Crippen LogP contribution in [-0.4, -0.2) is 26.4 Å². The van der Waals surface area contributed by atoms with Crippen LogP contribution in [-0.2, 0) is 11.2 Å². The van der Waals surface area contributed by atoms with Gasteiger partial charge in [0, 0.05) is 11.7 Å². The van der Waals surface area contributed by atoms with E-state index >= 15 is 0 Å². The maximum atomic E-state index is 12.0. The van der Waals surface area contributed by atoms with Gasteiger partial charge in [0.2, 0.25) is 5.91 Å². The van der Waals surface area contributed by atoms with E-state index in [1.165, 1.54) is 11.8 Å². The van der Waals surface area contributed by atoms with Crippen LogP contribution in [0.3, 0.4) is 0 Å². The zero-order chi connectivity index (χ0) is 15.9. The van der Waals surface area contributed by atoms with Gasteiger partial charge in [-0.15, -0.1) is 10.2 Å². The monoisotopic (exact) mass is 315 g/mol. The number of carbonyl (C=O) groups is 1. The number of nitrogens with zero attached hydrogens (tertiary/aromatic N) is 4. The van der Waals surface area contributed by atoms with Gasteiger partial charge < -0.3 is 9.88 Å². The van der Waals surface area contributed by atoms with E-state index in [1.54, 1.807) is 18.5 Å². The molecule has 0 spiro atoms. The number of carbonyl (C=O) groups excluding carboxylic acids is 1. The fourth-order valence-corrected chi connectivity index (χ4v) is 2.66. The smallest absolute Gasteiger partial charge is 0.234 e. The lowest BCUT2D eigenvalue weighted by atomic mass is 10.1. The first-order chi connectivity index (χ1) is 10.6. The van der Waals surface area contributed by atoms with Crippen molar-refractivity contribution in [3.05, 3.63) is 36.2 Å². The minimum atomic E-state index is -0.101. The Morgan fingerprint density at radius 2 is 2.14 bits per heavy atom. The molecule has 0 fully saturated rings. The van der Waals surface area contributed by atoms with Crippen LogP contribution in [0.2, 0.25) is 0 Å². The first-order valence-electron chi connectivity index (χ1n) is 6.88. The molecule has 1 heterocycles. The molecule has 0 atom stereocenters. The van der Waals surface area contributed by atoms with Crippen molar-refractivity contribution < 1.29 is 4.79 Å². The SMILES string of the molecule is CC(C)n1cnnc1SCC(=O)Nc1ccc(CC#N)cc1. The molecule has 2 rings (SSSR count). The van der Waals surface area contributed by atoms with Crippen molar-refractivity contribution in [3.8, 4) is 6.07 Å². The van der Waals surface area contributed by atoms with Crippen molar-refractivity contribution in [2.75, 3.05) is 11.1 Å². The maximum Gasteiger partial charge on any atom is 0.234 e. The summed E-state index contributed by atoms with van der Waals surface area (Å²) in [5, 5.41) is 20.1. The number of aromatic nitrogens is 3. The summed E-state index contributed by atoms with van der Waals surface area (Å²) >= 11 is 1.35. The van der Waals surface area contributed by atoms with Crippen molar-refractivity contribution >= 4 is 23.4 Å². The lowest BCUT2D eigenvalue weighted by Crippen LogP contribution is -2.14. The van der Waals surface area contributed by atoms with Gasteiger partial charge in [-0.3, -0.25) is 4.79 Å². The molecule has 114 valence electrons. The lowest BCUT2D eigenvalue weighted by molar-refractivity contribution is -0.113. The van der Waals surface area contributed by atoms with Crippen LogP contribution >= 0.6 is 11.8 Å². The number of anilines is 1. The zero-order valence-corrected chi connectivity index (χ0v) is 13.3. The van der Waals surface area contributed by atoms with Crippen LogP contribution in [0.5, 0.6) is 0 Å². The molecule has 6 nitrogen and oxygen atoms in total. The molecule has 0 unspecified atom stereocenters. The van der Waals surface area contributed by atoms with Crippen LogP contribution in [0.4, 0.5) is 5.69 Å². The quantitative estimate of drug-likeness (QED) is 0.829. The van der Waals surface area contributed by atoms with E-state index in [-0.39, 0.29) is 17.7 Å². The summed E-state index contributed by atoms with van der Waals surface area (Å²) in [5.74, 6) is 0.169. The molecule has 0 aliphatic heterocycles. The van der Waals surface area contributed by atoms with Gasteiger partial charge in [0.05, 0.1) is 18.2 Å². The van der Waals surface area contributed by atoms with Crippen LogP contribution in [0.1, 0.15) is 25.5 Å². The molecule has 2 aromatic rings. The normalized spacial score (nSPS) is 10.5. The topological polar surface area (TPSA) is 83.6 Å². The van der Waals surface area contributed by atoms with Gasteiger partial charge in [0.1, 0.15) is 6.33 Å². The summed E-state index contributed by atoms with van der Waals surface area (Å²) in [6, 6.07) is 9.61. The van der Waals surface area contributed by atoms with Gasteiger partial charge >= 0.3 is 0 Å². The summed E-state index contributed by atoms with van der Waals surface area (Å²) < 4.78 is 1.93. The molecule has 7 heteroatoms. The highest BCUT2D eigenvalue weighted by molar-refractivity contribution is 7.99. The van der Waals surface area contributed by atoms with Crippen molar-refractivity contribution in [3.63, 3.8) is 0 Å². The Bertz CT molecular complexity index is 672. The average molecular weight is 315 g/mol. The Morgan fingerprint density at radius 3 is 2.77 bits per heavy atom. The van der Waals surface area contributed by atoms with E-state index in [2.05, 4.69) is 21.6 Å². The van der Waals surface area contributed by atoms with Gasteiger partial charge in [0.15, 0.2) is 5.16 Å². The fraction of sp³-hybridized carbons (Fsp3) is 0.333. The number of nitrogens with one attached hydrogen (secondary N) is 1. The van der Waals surface area contributed by atoms with Crippen molar-refractivity contribution in [1.29, 1.82) is 5.26 Å². The molecule has 0 aliphatic carbocycles. The molecule has 1 aromatic heterocycles. The Kier molecular flexibility index (Phi) is 5.55. The van der Waals surface area contributed by atoms with E-state index in [4.69, 9.17) is 5.26 Å². The highest BCUT2D eigenvalue weighted by atomic mass is 32.2. The maximum absolute atomic E-state index is 12.0. The first-order valence-corrected chi connectivity index (χ1v) is 7.86. The Hall–Kier alpha value is -2.33. The van der Waals surface area contributed by atoms with Gasteiger partial charge in [-0.2, -0.15) is 5.26 Å². The molecule has 1 N–H and O–H groups in total. The minimum absolute atomic E-state index is 0.101. The largest absolute Gasteiger partial charge is 0.325 e. The van der Waals surface area contributed by atoms with E-state index in [1.807, 2.05) is 30.5 Å². The molecule has 0 radical (unpaired) electrons. The second kappa shape index (κ2) is 7.61. The van der Waals surface area contributed by atoms with Crippen molar-refractivity contribution in [1.82, 2.24) is 14.8 Å². The number of rotatable bonds is 6. The average Bonchev–Trinajstić information content (AvgIpc) is 2.96. The number of thioether (sulfide) groups is 1. The van der Waals surface area contributed by atoms with Crippen molar-refractivity contribution in [2.45, 2.75) is 31.5 Å². The van der Waals surface area contributed by atoms with E-state index in [9.17, 15) is 4.79 Å². The van der Waals surface area contributed by atoms with Crippen LogP contribution in [0, 0.1) is 11.3 Å². The van der Waals surface area contributed by atoms with Crippen LogP contribution in [0.25, 0.3) is 0 Å². The summed E-state index contributed by atoms with van der Waals surface area (Å²) in [6.07, 6.45) is 2.04. The highest BCUT2D eigenvalue weighted by Crippen LogP contribution is 2.19. The third-order valence-corrected chi connectivity index (χ3v) is 3.91. The summed E-state index contributed by atoms with van der Waals surface area (Å²) in [7, 11) is 0. The Morgan fingerprint density at radius 1 is 1.41 bits per heavy atom. The number of amides is 1. The molecular formula is C15H17N5OS. The lowest BCUT2D eigenvalue weighted by Gasteiger charge is -2.09. The minimum Gasteiger partial charge on any atom is -0.325 e. The van der Waals surface area contributed by atoms with Crippen molar-refractivity contribution in [2.24, 2.45) is 0 Å². The second-order valence-corrected chi connectivity index (χ2v) is 5.93. The number of nitriles is 1. The van der Waals surface area contributed by atoms with E-state index in [0.717, 1.165) is 16.4 Å². The molecule has 0 bridgehead atoms. The molecule has 1 aromatic carbocycles. The number of hydrogen-bond acceptors (Lipinski definition) is 5. The number of hydrogen-bond donors (Lipinski definition) is 1. The molecule has 0 aliphatic rings. The highest BCUT2D eigenvalue weighted by Gasteiger charge is 2.10. The predicted octanol–water partition coefficient (Wildman–Crippen LogP) is 2.66. The van der Waals surface area contributed by atoms with Crippen LogP contribution in [0.15, 0.2) is 35.7 Å². The van der Waals surface area contributed by atoms with E-state index < -0.39 is 0 Å². The summed E-state index contributed by atoms with van der Waals surface area (Å²) in [6.45, 7) is 4.08. The summed E-state index contributed by atoms with van der Waals surface area (Å²) in [5.41, 5.74) is 1.65. The van der Waals surface area contributed by atoms with Gasteiger partial charge in [-0.1, -0.05) is 23.9 Å². The fourth-order valence-electron chi connectivity index (χ4n) is 1.81. The third kappa shape index (κ3) is 4.33. The zero-order valence-electron chi connectivity index (χ0n) is 12.5. The standard InChI is InChI=1S/C15H17N5OS/c1-11(2)20-10-17-19-15(20)22-9-14(21)18-13-5-3-12(4-6-13)7-8-16/h3-6,10-11H,7,9H2,1-2H3,(H,18,21). The van der Waals surface area contributed by atoms with E-state index in [0.29, 0.717) is 6.42 Å². The van der Waals surface area contributed by atoms with Gasteiger partial charge in [-0.05, 0) is 31.5 Å². The molecule has 1 amide bonds. The number of benzene rings is 1. The molecule has 0 saturated carbocycles. The van der Waals surface area contributed by atoms with Gasteiger partial charge in [0.25, 0.3) is 0 Å². The molecular weight excluding hydrogens is 298 g/mol. The van der Waals surface area contributed by atoms with Gasteiger partial charge in [-0.25, -0.2) is 0 Å². The third-order valence-electron chi connectivity index (χ3n) is 2.95. The second-order valence-electron chi connectivity index (χ2n) is 4.98.